The van der Waals surface area contributed by atoms with Crippen LogP contribution >= 0.6 is 0 Å². The molecule has 4 aliphatic rings. The Morgan fingerprint density at radius 3 is 2.61 bits per heavy atom. The van der Waals surface area contributed by atoms with Crippen LogP contribution in [0.4, 0.5) is 0 Å². The third-order valence-corrected chi connectivity index (χ3v) is 6.93. The minimum atomic E-state index is -0.382. The smallest absolute Gasteiger partial charge is 0.312 e. The van der Waals surface area contributed by atoms with Crippen molar-refractivity contribution in [3.63, 3.8) is 0 Å². The third-order valence-electron chi connectivity index (χ3n) is 6.93. The van der Waals surface area contributed by atoms with Gasteiger partial charge in [0.1, 0.15) is 11.9 Å². The molecule has 1 atom stereocenters. The summed E-state index contributed by atoms with van der Waals surface area (Å²) in [5, 5.41) is 6.89. The zero-order valence-corrected chi connectivity index (χ0v) is 17.8. The molecule has 0 aromatic heterocycles. The Morgan fingerprint density at radius 2 is 1.90 bits per heavy atom. The van der Waals surface area contributed by atoms with Gasteiger partial charge in [-0.05, 0) is 62.5 Å². The predicted molar refractivity (Wildman–Crippen MR) is 112 cm³/mol. The highest BCUT2D eigenvalue weighted by molar-refractivity contribution is 5.95. The second-order valence-electron chi connectivity index (χ2n) is 8.84. The summed E-state index contributed by atoms with van der Waals surface area (Å²) in [4.78, 5) is 38.3. The molecule has 8 nitrogen and oxygen atoms in total. The number of likely N-dealkylation sites (tertiary alicyclic amines) is 2. The van der Waals surface area contributed by atoms with E-state index in [9.17, 15) is 9.59 Å². The summed E-state index contributed by atoms with van der Waals surface area (Å²) < 4.78 is 11.3. The molecule has 0 bridgehead atoms. The zero-order valence-electron chi connectivity index (χ0n) is 17.8. The number of piperidine rings is 1. The van der Waals surface area contributed by atoms with Gasteiger partial charge in [0, 0.05) is 38.0 Å². The maximum Gasteiger partial charge on any atom is 0.312 e. The van der Waals surface area contributed by atoms with Crippen molar-refractivity contribution in [1.29, 1.82) is 0 Å². The molecule has 1 aromatic rings. The van der Waals surface area contributed by atoms with Crippen LogP contribution in [0.1, 0.15) is 48.0 Å². The first-order chi connectivity index (χ1) is 15.0. The SMILES string of the molecule is O=C(c1ccc2c(c1)CCO2)N1CCC2(CC1)CC(CN1CCCC1)OC2=O.O=CO. The van der Waals surface area contributed by atoms with Crippen LogP contribution in [0, 0.1) is 5.41 Å². The molecule has 3 fully saturated rings. The minimum Gasteiger partial charge on any atom is -0.493 e. The lowest BCUT2D eigenvalue weighted by atomic mass is 9.76. The van der Waals surface area contributed by atoms with Crippen molar-refractivity contribution in [3.05, 3.63) is 29.3 Å². The number of ether oxygens (including phenoxy) is 2. The fraction of sp³-hybridized carbons (Fsp3) is 0.609. The molecule has 3 saturated heterocycles. The summed E-state index contributed by atoms with van der Waals surface area (Å²) in [6.07, 6.45) is 5.61. The van der Waals surface area contributed by atoms with Crippen LogP contribution in [-0.4, -0.2) is 78.7 Å². The number of esters is 1. The monoisotopic (exact) mass is 430 g/mol. The van der Waals surface area contributed by atoms with Crippen molar-refractivity contribution >= 4 is 18.3 Å². The van der Waals surface area contributed by atoms with E-state index in [1.165, 1.54) is 12.8 Å². The van der Waals surface area contributed by atoms with E-state index in [4.69, 9.17) is 19.4 Å². The molecule has 4 heterocycles. The maximum atomic E-state index is 12.9. The van der Waals surface area contributed by atoms with Gasteiger partial charge >= 0.3 is 5.97 Å². The molecule has 0 aliphatic carbocycles. The molecule has 168 valence electrons. The van der Waals surface area contributed by atoms with Crippen molar-refractivity contribution in [2.24, 2.45) is 5.41 Å². The third kappa shape index (κ3) is 4.54. The van der Waals surface area contributed by atoms with Gasteiger partial charge in [-0.1, -0.05) is 0 Å². The number of hydrogen-bond acceptors (Lipinski definition) is 6. The van der Waals surface area contributed by atoms with E-state index in [-0.39, 0.29) is 29.9 Å². The normalized spacial score (nSPS) is 24.2. The average Bonchev–Trinajstić information content (AvgIpc) is 3.50. The molecule has 31 heavy (non-hydrogen) atoms. The number of nitrogens with zero attached hydrogens (tertiary/aromatic N) is 2. The molecule has 5 rings (SSSR count). The van der Waals surface area contributed by atoms with Crippen molar-refractivity contribution < 1.29 is 29.0 Å². The molecule has 8 heteroatoms. The average molecular weight is 431 g/mol. The first-order valence-electron chi connectivity index (χ1n) is 11.1. The second-order valence-corrected chi connectivity index (χ2v) is 8.84. The number of hydrogen-bond donors (Lipinski definition) is 1. The highest BCUT2D eigenvalue weighted by Gasteiger charge is 2.51. The molecule has 1 amide bonds. The number of carboxylic acid groups (broad SMARTS) is 1. The summed E-state index contributed by atoms with van der Waals surface area (Å²) >= 11 is 0. The second kappa shape index (κ2) is 9.26. The lowest BCUT2D eigenvalue weighted by Crippen LogP contribution is -2.45. The Morgan fingerprint density at radius 1 is 1.19 bits per heavy atom. The van der Waals surface area contributed by atoms with Crippen LogP contribution in [0.15, 0.2) is 18.2 Å². The maximum absolute atomic E-state index is 12.9. The highest BCUT2D eigenvalue weighted by Crippen LogP contribution is 2.43. The van der Waals surface area contributed by atoms with Gasteiger partial charge in [-0.15, -0.1) is 0 Å². The molecule has 1 N–H and O–H groups in total. The van der Waals surface area contributed by atoms with Gasteiger partial charge in [-0.25, -0.2) is 0 Å². The van der Waals surface area contributed by atoms with E-state index in [2.05, 4.69) is 4.90 Å². The number of cyclic esters (lactones) is 1. The zero-order chi connectivity index (χ0) is 21.8. The van der Waals surface area contributed by atoms with Crippen LogP contribution in [0.3, 0.4) is 0 Å². The van der Waals surface area contributed by atoms with Crippen molar-refractivity contribution in [3.8, 4) is 5.75 Å². The van der Waals surface area contributed by atoms with Crippen molar-refractivity contribution in [1.82, 2.24) is 9.80 Å². The lowest BCUT2D eigenvalue weighted by molar-refractivity contribution is -0.151. The Bertz CT molecular complexity index is 827. The van der Waals surface area contributed by atoms with Gasteiger partial charge < -0.3 is 19.5 Å². The predicted octanol–water partition coefficient (Wildman–Crippen LogP) is 1.96. The van der Waals surface area contributed by atoms with E-state index < -0.39 is 0 Å². The highest BCUT2D eigenvalue weighted by atomic mass is 16.6. The summed E-state index contributed by atoms with van der Waals surface area (Å²) in [7, 11) is 0. The summed E-state index contributed by atoms with van der Waals surface area (Å²) in [6, 6.07) is 5.72. The van der Waals surface area contributed by atoms with E-state index in [1.54, 1.807) is 0 Å². The topological polar surface area (TPSA) is 96.4 Å². The van der Waals surface area contributed by atoms with Crippen LogP contribution < -0.4 is 4.74 Å². The van der Waals surface area contributed by atoms with Gasteiger partial charge in [0.2, 0.25) is 0 Å². The number of carbonyl (C=O) groups is 3. The Kier molecular flexibility index (Phi) is 6.46. The fourth-order valence-corrected chi connectivity index (χ4v) is 5.24. The Labute approximate surface area is 182 Å². The van der Waals surface area contributed by atoms with Crippen LogP contribution in [0.25, 0.3) is 0 Å². The van der Waals surface area contributed by atoms with Gasteiger partial charge in [0.25, 0.3) is 12.4 Å². The molecule has 0 radical (unpaired) electrons. The molecule has 1 unspecified atom stereocenters. The minimum absolute atomic E-state index is 0.0181. The number of fused-ring (bicyclic) bond motifs is 1. The molecular formula is C23H30N2O6. The van der Waals surface area contributed by atoms with Gasteiger partial charge in [-0.3, -0.25) is 19.3 Å². The Balaban J connectivity index is 0.000000730. The van der Waals surface area contributed by atoms with Crippen molar-refractivity contribution in [2.75, 3.05) is 39.3 Å². The van der Waals surface area contributed by atoms with Gasteiger partial charge in [0.05, 0.1) is 12.0 Å². The number of carbonyl (C=O) groups excluding carboxylic acids is 2. The van der Waals surface area contributed by atoms with Crippen LogP contribution in [0.5, 0.6) is 5.75 Å². The van der Waals surface area contributed by atoms with Crippen LogP contribution in [0.2, 0.25) is 0 Å². The molecule has 4 aliphatic heterocycles. The van der Waals surface area contributed by atoms with Gasteiger partial charge in [0.15, 0.2) is 0 Å². The fourth-order valence-electron chi connectivity index (χ4n) is 5.24. The molecule has 1 spiro atoms. The first-order valence-corrected chi connectivity index (χ1v) is 11.1. The van der Waals surface area contributed by atoms with E-state index in [0.29, 0.717) is 32.5 Å². The quantitative estimate of drug-likeness (QED) is 0.578. The number of amides is 1. The van der Waals surface area contributed by atoms with E-state index in [0.717, 1.165) is 49.4 Å². The number of rotatable bonds is 3. The van der Waals surface area contributed by atoms with Crippen LogP contribution in [-0.2, 0) is 20.7 Å². The summed E-state index contributed by atoms with van der Waals surface area (Å²) in [6.45, 7) is 4.80. The first kappa shape index (κ1) is 21.6. The molecular weight excluding hydrogens is 400 g/mol. The molecule has 1 aromatic carbocycles. The summed E-state index contributed by atoms with van der Waals surface area (Å²) in [5.74, 6) is 0.912. The largest absolute Gasteiger partial charge is 0.493 e. The Hall–Kier alpha value is -2.61. The lowest BCUT2D eigenvalue weighted by Gasteiger charge is -2.36. The number of benzene rings is 1. The van der Waals surface area contributed by atoms with E-state index >= 15 is 0 Å². The van der Waals surface area contributed by atoms with Crippen molar-refractivity contribution in [2.45, 2.75) is 44.6 Å². The van der Waals surface area contributed by atoms with E-state index in [1.807, 2.05) is 23.1 Å². The van der Waals surface area contributed by atoms with Gasteiger partial charge in [-0.2, -0.15) is 0 Å². The molecule has 0 saturated carbocycles. The standard InChI is InChI=1S/C22H28N2O4.CH2O2/c25-20(17-3-4-19-16(13-17)5-12-27-19)24-10-6-22(7-11-24)14-18(28-21(22)26)15-23-8-1-2-9-23;2-1-3/h3-4,13,18H,1-2,5-12,14-15H2;1H,(H,2,3). The summed E-state index contributed by atoms with van der Waals surface area (Å²) in [5.41, 5.74) is 1.46.